The van der Waals surface area contributed by atoms with Crippen LogP contribution in [0, 0.1) is 11.8 Å². The zero-order chi connectivity index (χ0) is 23.9. The first kappa shape index (κ1) is 27.1. The van der Waals surface area contributed by atoms with Crippen LogP contribution in [-0.4, -0.2) is 31.8 Å². The molecular formula is C26H35Cl3O3. The molecule has 3 nitrogen and oxygen atoms in total. The molecule has 2 rings (SSSR count). The van der Waals surface area contributed by atoms with Crippen LogP contribution in [0.4, 0.5) is 0 Å². The van der Waals surface area contributed by atoms with E-state index in [0.29, 0.717) is 47.4 Å². The fourth-order valence-electron chi connectivity index (χ4n) is 3.11. The van der Waals surface area contributed by atoms with Gasteiger partial charge in [0.25, 0.3) is 0 Å². The third-order valence-corrected chi connectivity index (χ3v) is 6.41. The maximum absolute atomic E-state index is 6.52. The van der Waals surface area contributed by atoms with Crippen LogP contribution < -0.4 is 9.47 Å². The fourth-order valence-corrected chi connectivity index (χ4v) is 3.79. The summed E-state index contributed by atoms with van der Waals surface area (Å²) in [6.45, 7) is 14.3. The van der Waals surface area contributed by atoms with Gasteiger partial charge in [-0.05, 0) is 49.2 Å². The third kappa shape index (κ3) is 7.73. The van der Waals surface area contributed by atoms with E-state index in [1.807, 2.05) is 45.0 Å². The molecule has 0 spiro atoms. The SMILES string of the molecule is CC(CCl)COc1c(Cl)cc(C(C)(C)c2ccc(OCC(C)COC(C)C)cc2)cc1Cl. The second-order valence-electron chi connectivity index (χ2n) is 9.29. The molecule has 0 aliphatic rings. The molecule has 6 heteroatoms. The molecule has 178 valence electrons. The topological polar surface area (TPSA) is 27.7 Å². The highest BCUT2D eigenvalue weighted by Gasteiger charge is 2.26. The summed E-state index contributed by atoms with van der Waals surface area (Å²) in [6.07, 6.45) is 0.232. The van der Waals surface area contributed by atoms with Crippen molar-refractivity contribution in [3.8, 4) is 11.5 Å². The monoisotopic (exact) mass is 500 g/mol. The highest BCUT2D eigenvalue weighted by molar-refractivity contribution is 6.37. The molecule has 0 fully saturated rings. The van der Waals surface area contributed by atoms with Crippen molar-refractivity contribution in [3.05, 3.63) is 57.6 Å². The van der Waals surface area contributed by atoms with Gasteiger partial charge in [0.15, 0.2) is 5.75 Å². The lowest BCUT2D eigenvalue weighted by Crippen LogP contribution is -2.19. The Balaban J connectivity index is 2.09. The quantitative estimate of drug-likeness (QED) is 0.276. The Hall–Kier alpha value is -1.13. The molecule has 2 aromatic rings. The highest BCUT2D eigenvalue weighted by atomic mass is 35.5. The van der Waals surface area contributed by atoms with Gasteiger partial charge in [-0.25, -0.2) is 0 Å². The highest BCUT2D eigenvalue weighted by Crippen LogP contribution is 2.40. The standard InChI is InChI=1S/C26H35Cl3O3/c1-17(2)30-15-19(4)16-31-22-9-7-20(8-10-22)26(5,6)21-11-23(28)25(24(29)12-21)32-14-18(3)13-27/h7-12,17-19H,13-16H2,1-6H3. The molecule has 0 aromatic heterocycles. The molecule has 32 heavy (non-hydrogen) atoms. The van der Waals surface area contributed by atoms with E-state index in [4.69, 9.17) is 49.0 Å². The predicted molar refractivity (Wildman–Crippen MR) is 136 cm³/mol. The zero-order valence-corrected chi connectivity index (χ0v) is 22.2. The van der Waals surface area contributed by atoms with Crippen LogP contribution in [0.1, 0.15) is 52.7 Å². The van der Waals surface area contributed by atoms with Crippen LogP contribution >= 0.6 is 34.8 Å². The summed E-state index contributed by atoms with van der Waals surface area (Å²) in [6, 6.07) is 12.0. The largest absolute Gasteiger partial charge is 0.493 e. The Morgan fingerprint density at radius 3 is 1.88 bits per heavy atom. The van der Waals surface area contributed by atoms with Crippen molar-refractivity contribution in [1.29, 1.82) is 0 Å². The first-order valence-electron chi connectivity index (χ1n) is 11.1. The number of hydrogen-bond acceptors (Lipinski definition) is 3. The van der Waals surface area contributed by atoms with E-state index in [-0.39, 0.29) is 17.4 Å². The molecule has 0 saturated heterocycles. The van der Waals surface area contributed by atoms with Gasteiger partial charge in [0.1, 0.15) is 5.75 Å². The smallest absolute Gasteiger partial charge is 0.156 e. The Labute approximate surface area is 208 Å². The predicted octanol–water partition coefficient (Wildman–Crippen LogP) is 8.01. The van der Waals surface area contributed by atoms with E-state index in [1.165, 1.54) is 0 Å². The van der Waals surface area contributed by atoms with E-state index in [2.05, 4.69) is 32.9 Å². The van der Waals surface area contributed by atoms with Crippen molar-refractivity contribution in [1.82, 2.24) is 0 Å². The summed E-state index contributed by atoms with van der Waals surface area (Å²) < 4.78 is 17.4. The minimum absolute atomic E-state index is 0.214. The number of ether oxygens (including phenoxy) is 3. The van der Waals surface area contributed by atoms with Gasteiger partial charge in [0.05, 0.1) is 36.0 Å². The maximum Gasteiger partial charge on any atom is 0.156 e. The number of halogens is 3. The molecule has 0 aliphatic heterocycles. The van der Waals surface area contributed by atoms with Gasteiger partial charge in [-0.2, -0.15) is 0 Å². The van der Waals surface area contributed by atoms with Crippen LogP contribution in [0.15, 0.2) is 36.4 Å². The molecule has 0 saturated carbocycles. The van der Waals surface area contributed by atoms with Crippen LogP contribution in [0.3, 0.4) is 0 Å². The molecular weight excluding hydrogens is 467 g/mol. The molecule has 0 radical (unpaired) electrons. The Morgan fingerprint density at radius 2 is 1.34 bits per heavy atom. The summed E-state index contributed by atoms with van der Waals surface area (Å²) in [7, 11) is 0. The van der Waals surface area contributed by atoms with Gasteiger partial charge in [0.2, 0.25) is 0 Å². The number of alkyl halides is 1. The van der Waals surface area contributed by atoms with E-state index in [0.717, 1.165) is 16.9 Å². The second-order valence-corrected chi connectivity index (χ2v) is 10.4. The molecule has 2 atom stereocenters. The average Bonchev–Trinajstić information content (AvgIpc) is 2.75. The Morgan fingerprint density at radius 1 is 0.781 bits per heavy atom. The van der Waals surface area contributed by atoms with Crippen LogP contribution in [0.5, 0.6) is 11.5 Å². The average molecular weight is 502 g/mol. The van der Waals surface area contributed by atoms with Crippen molar-refractivity contribution in [2.75, 3.05) is 25.7 Å². The maximum atomic E-state index is 6.52. The lowest BCUT2D eigenvalue weighted by atomic mass is 9.78. The van der Waals surface area contributed by atoms with Crippen molar-refractivity contribution >= 4 is 34.8 Å². The van der Waals surface area contributed by atoms with E-state index in [1.54, 1.807) is 0 Å². The van der Waals surface area contributed by atoms with E-state index in [9.17, 15) is 0 Å². The van der Waals surface area contributed by atoms with Crippen LogP contribution in [0.2, 0.25) is 10.0 Å². The molecule has 2 aromatic carbocycles. The van der Waals surface area contributed by atoms with E-state index < -0.39 is 0 Å². The minimum Gasteiger partial charge on any atom is -0.493 e. The normalized spacial score (nSPS) is 13.8. The first-order valence-corrected chi connectivity index (χ1v) is 12.4. The van der Waals surface area contributed by atoms with Gasteiger partial charge in [-0.1, -0.05) is 63.0 Å². The Kier molecular flexibility index (Phi) is 10.5. The lowest BCUT2D eigenvalue weighted by Gasteiger charge is -2.27. The minimum atomic E-state index is -0.299. The number of benzene rings is 2. The van der Waals surface area contributed by atoms with Gasteiger partial charge in [-0.15, -0.1) is 11.6 Å². The van der Waals surface area contributed by atoms with Crippen molar-refractivity contribution < 1.29 is 14.2 Å². The van der Waals surface area contributed by atoms with Gasteiger partial charge in [0, 0.05) is 23.1 Å². The zero-order valence-electron chi connectivity index (χ0n) is 19.9. The van der Waals surface area contributed by atoms with E-state index >= 15 is 0 Å². The molecule has 0 N–H and O–H groups in total. The summed E-state index contributed by atoms with van der Waals surface area (Å²) in [5, 5.41) is 1.000. The van der Waals surface area contributed by atoms with Gasteiger partial charge < -0.3 is 14.2 Å². The molecule has 2 unspecified atom stereocenters. The fraction of sp³-hybridized carbons (Fsp3) is 0.538. The van der Waals surface area contributed by atoms with Gasteiger partial charge in [-0.3, -0.25) is 0 Å². The summed E-state index contributed by atoms with van der Waals surface area (Å²) in [5.74, 6) is 2.40. The number of hydrogen-bond donors (Lipinski definition) is 0. The van der Waals surface area contributed by atoms with Crippen molar-refractivity contribution in [3.63, 3.8) is 0 Å². The van der Waals surface area contributed by atoms with Crippen molar-refractivity contribution in [2.45, 2.75) is 53.1 Å². The summed E-state index contributed by atoms with van der Waals surface area (Å²) in [4.78, 5) is 0. The Bertz CT molecular complexity index is 827. The molecule has 0 bridgehead atoms. The molecule has 0 heterocycles. The van der Waals surface area contributed by atoms with Crippen LogP contribution in [0.25, 0.3) is 0 Å². The molecule has 0 amide bonds. The number of rotatable bonds is 12. The molecule has 0 aliphatic carbocycles. The van der Waals surface area contributed by atoms with Crippen LogP contribution in [-0.2, 0) is 10.2 Å². The third-order valence-electron chi connectivity index (χ3n) is 5.32. The lowest BCUT2D eigenvalue weighted by molar-refractivity contribution is 0.0427. The second kappa shape index (κ2) is 12.4. The van der Waals surface area contributed by atoms with Gasteiger partial charge >= 0.3 is 0 Å². The summed E-state index contributed by atoms with van der Waals surface area (Å²) in [5.41, 5.74) is 1.85. The summed E-state index contributed by atoms with van der Waals surface area (Å²) >= 11 is 18.9. The first-order chi connectivity index (χ1) is 15.0. The van der Waals surface area contributed by atoms with Crippen molar-refractivity contribution in [2.24, 2.45) is 11.8 Å².